The van der Waals surface area contributed by atoms with Crippen molar-refractivity contribution in [3.8, 4) is 11.5 Å². The molecule has 0 aliphatic heterocycles. The number of azo groups is 1. The molecule has 142 valence electrons. The second-order valence-corrected chi connectivity index (χ2v) is 6.35. The van der Waals surface area contributed by atoms with Gasteiger partial charge in [0.15, 0.2) is 5.75 Å². The van der Waals surface area contributed by atoms with Crippen LogP contribution in [0.25, 0.3) is 10.8 Å². The van der Waals surface area contributed by atoms with E-state index in [2.05, 4.69) is 15.5 Å². The summed E-state index contributed by atoms with van der Waals surface area (Å²) in [4.78, 5) is 12.9. The maximum Gasteiger partial charge on any atom is 0.260 e. The number of fused-ring (bicyclic) bond motifs is 1. The summed E-state index contributed by atoms with van der Waals surface area (Å²) in [7, 11) is 0. The average molecular weight is 383 g/mol. The summed E-state index contributed by atoms with van der Waals surface area (Å²) in [5, 5.41) is 32.9. The van der Waals surface area contributed by atoms with E-state index in [0.29, 0.717) is 11.1 Å². The molecule has 1 amide bonds. The smallest absolute Gasteiger partial charge is 0.260 e. The van der Waals surface area contributed by atoms with Crippen molar-refractivity contribution in [2.75, 3.05) is 5.32 Å². The molecule has 0 saturated carbocycles. The highest BCUT2D eigenvalue weighted by Crippen LogP contribution is 2.38. The van der Waals surface area contributed by atoms with E-state index in [1.807, 2.05) is 30.3 Å². The van der Waals surface area contributed by atoms with Crippen LogP contribution in [0, 0.1) is 0 Å². The molecule has 29 heavy (non-hydrogen) atoms. The summed E-state index contributed by atoms with van der Waals surface area (Å²) in [6, 6.07) is 24.3. The first-order valence-corrected chi connectivity index (χ1v) is 8.94. The number of phenols is 2. The minimum atomic E-state index is -0.454. The van der Waals surface area contributed by atoms with Gasteiger partial charge in [-0.05, 0) is 41.1 Å². The lowest BCUT2D eigenvalue weighted by Crippen LogP contribution is -2.12. The predicted octanol–water partition coefficient (Wildman–Crippen LogP) is 5.92. The zero-order valence-electron chi connectivity index (χ0n) is 15.3. The van der Waals surface area contributed by atoms with Crippen LogP contribution in [0.4, 0.5) is 17.1 Å². The quantitative estimate of drug-likeness (QED) is 0.382. The Balaban J connectivity index is 1.80. The summed E-state index contributed by atoms with van der Waals surface area (Å²) in [6.07, 6.45) is 0. The number of aromatic hydroxyl groups is 2. The first-order chi connectivity index (χ1) is 14.1. The molecule has 6 nitrogen and oxygen atoms in total. The highest BCUT2D eigenvalue weighted by Gasteiger charge is 2.19. The molecule has 0 fully saturated rings. The van der Waals surface area contributed by atoms with E-state index in [1.165, 1.54) is 6.07 Å². The number of hydrogen-bond acceptors (Lipinski definition) is 5. The van der Waals surface area contributed by atoms with Crippen molar-refractivity contribution in [3.05, 3.63) is 90.5 Å². The Morgan fingerprint density at radius 1 is 0.759 bits per heavy atom. The fourth-order valence-corrected chi connectivity index (χ4v) is 3.00. The molecule has 4 aromatic carbocycles. The largest absolute Gasteiger partial charge is 0.506 e. The van der Waals surface area contributed by atoms with E-state index in [4.69, 9.17) is 0 Å². The van der Waals surface area contributed by atoms with Crippen molar-refractivity contribution in [2.45, 2.75) is 0 Å². The number of phenolic OH excluding ortho intramolecular Hbond substituents is 2. The first kappa shape index (κ1) is 18.2. The maximum atomic E-state index is 12.9. The number of carbonyl (C=O) groups excluding carboxylic acids is 1. The van der Waals surface area contributed by atoms with Crippen LogP contribution < -0.4 is 5.32 Å². The van der Waals surface area contributed by atoms with Crippen LogP contribution in [0.1, 0.15) is 10.4 Å². The summed E-state index contributed by atoms with van der Waals surface area (Å²) in [5.41, 5.74) is 1.11. The van der Waals surface area contributed by atoms with Crippen LogP contribution in [-0.4, -0.2) is 16.1 Å². The molecule has 0 atom stereocenters. The van der Waals surface area contributed by atoms with Crippen molar-refractivity contribution < 1.29 is 15.0 Å². The average Bonchev–Trinajstić information content (AvgIpc) is 2.74. The van der Waals surface area contributed by atoms with Crippen molar-refractivity contribution in [3.63, 3.8) is 0 Å². The Labute approximate surface area is 166 Å². The normalized spacial score (nSPS) is 11.0. The van der Waals surface area contributed by atoms with Crippen molar-refractivity contribution in [1.29, 1.82) is 0 Å². The van der Waals surface area contributed by atoms with Crippen LogP contribution in [0.15, 0.2) is 95.2 Å². The van der Waals surface area contributed by atoms with E-state index >= 15 is 0 Å². The molecule has 0 spiro atoms. The molecule has 0 saturated heterocycles. The Morgan fingerprint density at radius 3 is 2.21 bits per heavy atom. The van der Waals surface area contributed by atoms with Gasteiger partial charge in [-0.3, -0.25) is 4.79 Å². The maximum absolute atomic E-state index is 12.9. The van der Waals surface area contributed by atoms with Crippen LogP contribution in [0.3, 0.4) is 0 Å². The van der Waals surface area contributed by atoms with E-state index in [1.54, 1.807) is 48.5 Å². The second kappa shape index (κ2) is 7.82. The summed E-state index contributed by atoms with van der Waals surface area (Å²) >= 11 is 0. The minimum absolute atomic E-state index is 0.0291. The predicted molar refractivity (Wildman–Crippen MR) is 112 cm³/mol. The molecule has 6 heteroatoms. The minimum Gasteiger partial charge on any atom is -0.506 e. The van der Waals surface area contributed by atoms with Gasteiger partial charge in [0.1, 0.15) is 17.1 Å². The first-order valence-electron chi connectivity index (χ1n) is 8.94. The SMILES string of the molecule is O=C(Nc1ccccc1)c1c(O)c(/N=N/c2ccccc2O)cc2ccccc12. The standard InChI is InChI=1S/C23H17N3O3/c27-20-13-7-6-12-18(20)25-26-19-14-15-8-4-5-11-17(15)21(22(19)28)23(29)24-16-9-2-1-3-10-16/h1-14,27-28H,(H,24,29)/b26-25+. The highest BCUT2D eigenvalue weighted by atomic mass is 16.3. The zero-order valence-corrected chi connectivity index (χ0v) is 15.3. The molecule has 0 radical (unpaired) electrons. The van der Waals surface area contributed by atoms with Gasteiger partial charge in [0, 0.05) is 5.69 Å². The Morgan fingerprint density at radius 2 is 1.41 bits per heavy atom. The third-order valence-corrected chi connectivity index (χ3v) is 4.41. The molecule has 0 unspecified atom stereocenters. The number of amides is 1. The summed E-state index contributed by atoms with van der Waals surface area (Å²) in [6.45, 7) is 0. The summed E-state index contributed by atoms with van der Waals surface area (Å²) in [5.74, 6) is -0.764. The van der Waals surface area contributed by atoms with Gasteiger partial charge >= 0.3 is 0 Å². The highest BCUT2D eigenvalue weighted by molar-refractivity contribution is 6.16. The van der Waals surface area contributed by atoms with E-state index in [0.717, 1.165) is 5.39 Å². The third kappa shape index (κ3) is 3.77. The molecule has 4 rings (SSSR count). The van der Waals surface area contributed by atoms with Gasteiger partial charge < -0.3 is 15.5 Å². The number of hydrogen-bond donors (Lipinski definition) is 3. The topological polar surface area (TPSA) is 94.3 Å². The Hall–Kier alpha value is -4.19. The third-order valence-electron chi connectivity index (χ3n) is 4.41. The van der Waals surface area contributed by atoms with Gasteiger partial charge in [0.25, 0.3) is 5.91 Å². The fourth-order valence-electron chi connectivity index (χ4n) is 3.00. The zero-order chi connectivity index (χ0) is 20.2. The van der Waals surface area contributed by atoms with Gasteiger partial charge in [-0.1, -0.05) is 54.6 Å². The number of benzene rings is 4. The lowest BCUT2D eigenvalue weighted by atomic mass is 10.0. The lowest BCUT2D eigenvalue weighted by molar-refractivity contribution is 0.102. The number of para-hydroxylation sites is 2. The molecule has 0 bridgehead atoms. The molecular weight excluding hydrogens is 366 g/mol. The van der Waals surface area contributed by atoms with Gasteiger partial charge in [0.2, 0.25) is 0 Å². The number of rotatable bonds is 4. The summed E-state index contributed by atoms with van der Waals surface area (Å²) < 4.78 is 0. The van der Waals surface area contributed by atoms with E-state index in [-0.39, 0.29) is 28.4 Å². The Kier molecular flexibility index (Phi) is 4.90. The molecule has 0 aliphatic rings. The Bertz CT molecular complexity index is 1220. The second-order valence-electron chi connectivity index (χ2n) is 6.35. The van der Waals surface area contributed by atoms with Gasteiger partial charge in [-0.25, -0.2) is 0 Å². The number of anilines is 1. The molecular formula is C23H17N3O3. The number of nitrogens with one attached hydrogen (secondary N) is 1. The van der Waals surface area contributed by atoms with Gasteiger partial charge in [0.05, 0.1) is 5.56 Å². The number of nitrogens with zero attached hydrogens (tertiary/aromatic N) is 2. The van der Waals surface area contributed by atoms with Crippen molar-refractivity contribution in [2.24, 2.45) is 10.2 Å². The van der Waals surface area contributed by atoms with Crippen molar-refractivity contribution >= 4 is 33.7 Å². The number of carbonyl (C=O) groups is 1. The lowest BCUT2D eigenvalue weighted by Gasteiger charge is -2.12. The molecule has 0 heterocycles. The monoisotopic (exact) mass is 383 g/mol. The molecule has 4 aromatic rings. The molecule has 0 aromatic heterocycles. The van der Waals surface area contributed by atoms with E-state index < -0.39 is 5.91 Å². The van der Waals surface area contributed by atoms with Crippen LogP contribution in [0.5, 0.6) is 11.5 Å². The van der Waals surface area contributed by atoms with E-state index in [9.17, 15) is 15.0 Å². The fraction of sp³-hybridized carbons (Fsp3) is 0. The van der Waals surface area contributed by atoms with Crippen LogP contribution in [0.2, 0.25) is 0 Å². The molecule has 3 N–H and O–H groups in total. The van der Waals surface area contributed by atoms with Crippen LogP contribution in [-0.2, 0) is 0 Å². The van der Waals surface area contributed by atoms with Crippen molar-refractivity contribution in [1.82, 2.24) is 0 Å². The van der Waals surface area contributed by atoms with Gasteiger partial charge in [-0.2, -0.15) is 0 Å². The van der Waals surface area contributed by atoms with Gasteiger partial charge in [-0.15, -0.1) is 10.2 Å². The van der Waals surface area contributed by atoms with Crippen LogP contribution >= 0.6 is 0 Å². The molecule has 0 aliphatic carbocycles.